The van der Waals surface area contributed by atoms with Gasteiger partial charge in [0, 0.05) is 18.7 Å². The predicted octanol–water partition coefficient (Wildman–Crippen LogP) is 4.05. The number of carbonyl (C=O) groups excluding carboxylic acids is 1. The third-order valence-electron chi connectivity index (χ3n) is 5.30. The Kier molecular flexibility index (Phi) is 6.52. The Morgan fingerprint density at radius 1 is 1.00 bits per heavy atom. The summed E-state index contributed by atoms with van der Waals surface area (Å²) in [5.74, 6) is -0.274. The second-order valence-corrected chi connectivity index (χ2v) is 9.34. The lowest BCUT2D eigenvalue weighted by atomic mass is 10.0. The molecular formula is C22H28N2O3S. The monoisotopic (exact) mass is 400 g/mol. The van der Waals surface area contributed by atoms with Crippen molar-refractivity contribution in [2.75, 3.05) is 13.1 Å². The van der Waals surface area contributed by atoms with Crippen LogP contribution in [-0.4, -0.2) is 31.7 Å². The normalized spacial score (nSPS) is 16.9. The first kappa shape index (κ1) is 20.6. The van der Waals surface area contributed by atoms with Gasteiger partial charge in [-0.25, -0.2) is 8.42 Å². The predicted molar refractivity (Wildman–Crippen MR) is 111 cm³/mol. The maximum absolute atomic E-state index is 13.0. The second kappa shape index (κ2) is 8.88. The first-order valence-corrected chi connectivity index (χ1v) is 11.3. The molecule has 1 aliphatic rings. The minimum absolute atomic E-state index is 0.167. The Hall–Kier alpha value is -2.18. The Balaban J connectivity index is 1.78. The van der Waals surface area contributed by atoms with Gasteiger partial charge in [-0.15, -0.1) is 0 Å². The lowest BCUT2D eigenvalue weighted by molar-refractivity contribution is 0.0939. The van der Waals surface area contributed by atoms with Crippen LogP contribution in [0.25, 0.3) is 0 Å². The number of nitrogens with zero attached hydrogens (tertiary/aromatic N) is 1. The minimum Gasteiger partial charge on any atom is -0.346 e. The van der Waals surface area contributed by atoms with Crippen molar-refractivity contribution in [3.8, 4) is 0 Å². The lowest BCUT2D eigenvalue weighted by Gasteiger charge is -2.20. The highest BCUT2D eigenvalue weighted by atomic mass is 32.2. The molecule has 0 aliphatic carbocycles. The number of carbonyl (C=O) groups is 1. The van der Waals surface area contributed by atoms with Crippen molar-refractivity contribution >= 4 is 15.9 Å². The molecule has 2 aromatic carbocycles. The van der Waals surface area contributed by atoms with Crippen LogP contribution in [0.1, 0.15) is 60.1 Å². The van der Waals surface area contributed by atoms with E-state index >= 15 is 0 Å². The Bertz CT molecular complexity index is 932. The molecule has 28 heavy (non-hydrogen) atoms. The van der Waals surface area contributed by atoms with Crippen LogP contribution in [-0.2, 0) is 10.0 Å². The summed E-state index contributed by atoms with van der Waals surface area (Å²) in [4.78, 5) is 12.9. The summed E-state index contributed by atoms with van der Waals surface area (Å²) in [6, 6.07) is 14.1. The van der Waals surface area contributed by atoms with Crippen LogP contribution in [0.2, 0.25) is 0 Å². The molecule has 0 saturated carbocycles. The van der Waals surface area contributed by atoms with Gasteiger partial charge in [0.15, 0.2) is 0 Å². The van der Waals surface area contributed by atoms with Crippen molar-refractivity contribution in [2.24, 2.45) is 0 Å². The first-order chi connectivity index (χ1) is 13.4. The Labute approximate surface area is 167 Å². The molecule has 1 heterocycles. The van der Waals surface area contributed by atoms with Gasteiger partial charge in [0.2, 0.25) is 10.0 Å². The summed E-state index contributed by atoms with van der Waals surface area (Å²) in [6.45, 7) is 5.02. The number of amides is 1. The van der Waals surface area contributed by atoms with E-state index in [1.54, 1.807) is 22.5 Å². The maximum Gasteiger partial charge on any atom is 0.251 e. The first-order valence-electron chi connectivity index (χ1n) is 9.86. The van der Waals surface area contributed by atoms with Crippen molar-refractivity contribution in [1.82, 2.24) is 9.62 Å². The summed E-state index contributed by atoms with van der Waals surface area (Å²) >= 11 is 0. The van der Waals surface area contributed by atoms with Crippen molar-refractivity contribution in [1.29, 1.82) is 0 Å². The summed E-state index contributed by atoms with van der Waals surface area (Å²) in [7, 11) is -3.58. The van der Waals surface area contributed by atoms with E-state index < -0.39 is 10.0 Å². The van der Waals surface area contributed by atoms with Crippen LogP contribution in [0, 0.1) is 6.92 Å². The van der Waals surface area contributed by atoms with E-state index in [4.69, 9.17) is 0 Å². The van der Waals surface area contributed by atoms with E-state index in [-0.39, 0.29) is 16.8 Å². The van der Waals surface area contributed by atoms with Gasteiger partial charge in [0.25, 0.3) is 5.91 Å². The Morgan fingerprint density at radius 3 is 2.36 bits per heavy atom. The molecule has 1 aliphatic heterocycles. The number of aryl methyl sites for hydroxylation is 1. The largest absolute Gasteiger partial charge is 0.346 e. The molecule has 1 fully saturated rings. The van der Waals surface area contributed by atoms with Gasteiger partial charge in [0.05, 0.1) is 10.9 Å². The fourth-order valence-electron chi connectivity index (χ4n) is 3.66. The molecule has 3 rings (SSSR count). The molecule has 6 heteroatoms. The van der Waals surface area contributed by atoms with E-state index in [1.165, 1.54) is 6.07 Å². The van der Waals surface area contributed by atoms with Gasteiger partial charge >= 0.3 is 0 Å². The van der Waals surface area contributed by atoms with Gasteiger partial charge < -0.3 is 5.32 Å². The molecule has 1 saturated heterocycles. The molecule has 1 atom stereocenters. The van der Waals surface area contributed by atoms with E-state index in [1.807, 2.05) is 38.1 Å². The minimum atomic E-state index is -3.58. The molecule has 1 amide bonds. The standard InChI is InChI=1S/C22H28N2O3S/c1-17-10-5-6-13-21(17)18(2)23-22(25)19-11-9-12-20(16-19)28(26,27)24-14-7-3-4-8-15-24/h5-6,9-13,16,18H,3-4,7-8,14-15H2,1-2H3,(H,23,25). The van der Waals surface area contributed by atoms with Crippen LogP contribution < -0.4 is 5.32 Å². The summed E-state index contributed by atoms with van der Waals surface area (Å²) in [5, 5.41) is 2.97. The van der Waals surface area contributed by atoms with Crippen LogP contribution in [0.3, 0.4) is 0 Å². The summed E-state index contributed by atoms with van der Waals surface area (Å²) in [5.41, 5.74) is 2.51. The topological polar surface area (TPSA) is 66.5 Å². The number of sulfonamides is 1. The Morgan fingerprint density at radius 2 is 1.68 bits per heavy atom. The molecule has 0 spiro atoms. The van der Waals surface area contributed by atoms with E-state index in [9.17, 15) is 13.2 Å². The van der Waals surface area contributed by atoms with Gasteiger partial charge in [0.1, 0.15) is 0 Å². The highest BCUT2D eigenvalue weighted by Crippen LogP contribution is 2.22. The lowest BCUT2D eigenvalue weighted by Crippen LogP contribution is -2.32. The number of nitrogens with one attached hydrogen (secondary N) is 1. The SMILES string of the molecule is Cc1ccccc1C(C)NC(=O)c1cccc(S(=O)(=O)N2CCCCCC2)c1. The molecule has 1 N–H and O–H groups in total. The second-order valence-electron chi connectivity index (χ2n) is 7.40. The van der Waals surface area contributed by atoms with Crippen molar-refractivity contribution in [3.05, 3.63) is 65.2 Å². The highest BCUT2D eigenvalue weighted by Gasteiger charge is 2.26. The highest BCUT2D eigenvalue weighted by molar-refractivity contribution is 7.89. The number of hydrogen-bond acceptors (Lipinski definition) is 3. The zero-order chi connectivity index (χ0) is 20.1. The molecule has 150 valence electrons. The van der Waals surface area contributed by atoms with Gasteiger partial charge in [-0.3, -0.25) is 4.79 Å². The zero-order valence-electron chi connectivity index (χ0n) is 16.5. The molecule has 5 nitrogen and oxygen atoms in total. The smallest absolute Gasteiger partial charge is 0.251 e. The third kappa shape index (κ3) is 4.62. The fraction of sp³-hybridized carbons (Fsp3) is 0.409. The molecule has 0 bridgehead atoms. The average molecular weight is 401 g/mol. The summed E-state index contributed by atoms with van der Waals surface area (Å²) in [6.07, 6.45) is 3.89. The molecule has 2 aromatic rings. The molecule has 1 unspecified atom stereocenters. The van der Waals surface area contributed by atoms with E-state index in [0.29, 0.717) is 18.7 Å². The van der Waals surface area contributed by atoms with E-state index in [0.717, 1.165) is 36.8 Å². The molecule has 0 aromatic heterocycles. The van der Waals surface area contributed by atoms with Crippen LogP contribution >= 0.6 is 0 Å². The van der Waals surface area contributed by atoms with Crippen molar-refractivity contribution in [3.63, 3.8) is 0 Å². The molecular weight excluding hydrogens is 372 g/mol. The van der Waals surface area contributed by atoms with Crippen molar-refractivity contribution < 1.29 is 13.2 Å². The third-order valence-corrected chi connectivity index (χ3v) is 7.20. The van der Waals surface area contributed by atoms with Crippen molar-refractivity contribution in [2.45, 2.75) is 50.5 Å². The number of benzene rings is 2. The van der Waals surface area contributed by atoms with Gasteiger partial charge in [-0.2, -0.15) is 4.31 Å². The van der Waals surface area contributed by atoms with Crippen LogP contribution in [0.4, 0.5) is 0 Å². The number of hydrogen-bond donors (Lipinski definition) is 1. The van der Waals surface area contributed by atoms with Crippen LogP contribution in [0.5, 0.6) is 0 Å². The van der Waals surface area contributed by atoms with E-state index in [2.05, 4.69) is 5.32 Å². The van der Waals surface area contributed by atoms with Gasteiger partial charge in [-0.1, -0.05) is 43.2 Å². The molecule has 0 radical (unpaired) electrons. The fourth-order valence-corrected chi connectivity index (χ4v) is 5.22. The average Bonchev–Trinajstić information content (AvgIpc) is 2.98. The zero-order valence-corrected chi connectivity index (χ0v) is 17.3. The van der Waals surface area contributed by atoms with Gasteiger partial charge in [-0.05, 0) is 56.0 Å². The summed E-state index contributed by atoms with van der Waals surface area (Å²) < 4.78 is 27.5. The van der Waals surface area contributed by atoms with Crippen LogP contribution in [0.15, 0.2) is 53.4 Å². The quantitative estimate of drug-likeness (QED) is 0.823. The number of rotatable bonds is 5. The maximum atomic E-state index is 13.0.